The minimum absolute atomic E-state index is 0.143. The van der Waals surface area contributed by atoms with Crippen LogP contribution >= 0.6 is 0 Å². The highest BCUT2D eigenvalue weighted by atomic mass is 16.3. The molecule has 0 aromatic heterocycles. The Kier molecular flexibility index (Phi) is 5.16. The van der Waals surface area contributed by atoms with Crippen LogP contribution in [0, 0.1) is 24.2 Å². The lowest BCUT2D eigenvalue weighted by atomic mass is 9.57. The number of aliphatic hydroxyl groups excluding tert-OH is 2. The zero-order chi connectivity index (χ0) is 21.2. The van der Waals surface area contributed by atoms with Crippen LogP contribution in [0.15, 0.2) is 23.8 Å². The minimum Gasteiger partial charge on any atom is -0.393 e. The summed E-state index contributed by atoms with van der Waals surface area (Å²) in [6.45, 7) is 10.3. The van der Waals surface area contributed by atoms with Gasteiger partial charge in [-0.15, -0.1) is 0 Å². The van der Waals surface area contributed by atoms with Crippen molar-refractivity contribution in [1.82, 2.24) is 5.32 Å². The third kappa shape index (κ3) is 3.12. The van der Waals surface area contributed by atoms with Crippen LogP contribution in [0.5, 0.6) is 0 Å². The van der Waals surface area contributed by atoms with E-state index in [0.717, 1.165) is 38.6 Å². The molecular weight excluding hydrogens is 370 g/mol. The molecule has 0 bridgehead atoms. The normalized spacial score (nSPS) is 41.5. The Labute approximate surface area is 182 Å². The van der Waals surface area contributed by atoms with Crippen LogP contribution in [-0.4, -0.2) is 35.0 Å². The highest BCUT2D eigenvalue weighted by Crippen LogP contribution is 2.60. The Balaban J connectivity index is 1.44. The summed E-state index contributed by atoms with van der Waals surface area (Å²) in [4.78, 5) is 0. The Morgan fingerprint density at radius 2 is 2.00 bits per heavy atom. The second kappa shape index (κ2) is 7.46. The van der Waals surface area contributed by atoms with Gasteiger partial charge in [-0.2, -0.15) is 0 Å². The average Bonchev–Trinajstić information content (AvgIpc) is 3.09. The van der Waals surface area contributed by atoms with Crippen molar-refractivity contribution in [1.29, 1.82) is 0 Å². The third-order valence-corrected chi connectivity index (χ3v) is 9.40. The van der Waals surface area contributed by atoms with Gasteiger partial charge in [-0.1, -0.05) is 44.6 Å². The van der Waals surface area contributed by atoms with E-state index < -0.39 is 0 Å². The molecule has 8 atom stereocenters. The molecule has 4 aliphatic rings. The fourth-order valence-electron chi connectivity index (χ4n) is 7.49. The molecule has 3 nitrogen and oxygen atoms in total. The number of hydrogen-bond donors (Lipinski definition) is 3. The van der Waals surface area contributed by atoms with Crippen molar-refractivity contribution < 1.29 is 10.2 Å². The van der Waals surface area contributed by atoms with Crippen LogP contribution in [0.4, 0.5) is 0 Å². The summed E-state index contributed by atoms with van der Waals surface area (Å²) in [6.07, 6.45) is 8.20. The van der Waals surface area contributed by atoms with E-state index in [4.69, 9.17) is 0 Å². The molecule has 0 radical (unpaired) electrons. The van der Waals surface area contributed by atoms with Crippen molar-refractivity contribution in [3.8, 4) is 0 Å². The SMILES string of the molecule is Cc1c([C@H](C)[C@@H]2NCC(C)CC2O)ccc2c1C[C@H]1C2CC=C2CC(O)CCC21C. The summed E-state index contributed by atoms with van der Waals surface area (Å²) >= 11 is 0. The van der Waals surface area contributed by atoms with Gasteiger partial charge in [0.05, 0.1) is 12.2 Å². The fraction of sp³-hybridized carbons (Fsp3) is 0.704. The van der Waals surface area contributed by atoms with E-state index in [1.54, 1.807) is 11.1 Å². The van der Waals surface area contributed by atoms with Crippen molar-refractivity contribution >= 4 is 0 Å². The number of fused-ring (bicyclic) bond motifs is 5. The van der Waals surface area contributed by atoms with Gasteiger partial charge in [-0.25, -0.2) is 0 Å². The van der Waals surface area contributed by atoms with Gasteiger partial charge in [0.2, 0.25) is 0 Å². The quantitative estimate of drug-likeness (QED) is 0.626. The molecule has 1 aliphatic heterocycles. The summed E-state index contributed by atoms with van der Waals surface area (Å²) in [5, 5.41) is 24.6. The maximum absolute atomic E-state index is 10.7. The van der Waals surface area contributed by atoms with Crippen molar-refractivity contribution in [2.45, 2.75) is 96.3 Å². The van der Waals surface area contributed by atoms with E-state index in [1.807, 2.05) is 0 Å². The summed E-state index contributed by atoms with van der Waals surface area (Å²) in [6, 6.07) is 4.92. The summed E-state index contributed by atoms with van der Waals surface area (Å²) in [5.74, 6) is 2.16. The number of benzene rings is 1. The Hall–Kier alpha value is -1.16. The number of nitrogens with one attached hydrogen (secondary N) is 1. The Bertz CT molecular complexity index is 861. The average molecular weight is 410 g/mol. The molecule has 164 valence electrons. The molecule has 0 amide bonds. The second-order valence-corrected chi connectivity index (χ2v) is 11.2. The maximum Gasteiger partial charge on any atom is 0.0702 e. The zero-order valence-corrected chi connectivity index (χ0v) is 19.1. The van der Waals surface area contributed by atoms with E-state index in [-0.39, 0.29) is 23.7 Å². The minimum atomic E-state index is -0.265. The first-order valence-electron chi connectivity index (χ1n) is 12.2. The van der Waals surface area contributed by atoms with E-state index in [1.165, 1.54) is 23.1 Å². The predicted molar refractivity (Wildman–Crippen MR) is 122 cm³/mol. The summed E-state index contributed by atoms with van der Waals surface area (Å²) in [5.41, 5.74) is 7.79. The number of rotatable bonds is 2. The van der Waals surface area contributed by atoms with E-state index in [2.05, 4.69) is 51.2 Å². The van der Waals surface area contributed by atoms with Crippen molar-refractivity contribution in [3.63, 3.8) is 0 Å². The molecule has 3 aliphatic carbocycles. The third-order valence-electron chi connectivity index (χ3n) is 9.40. The maximum atomic E-state index is 10.7. The fourth-order valence-corrected chi connectivity index (χ4v) is 7.49. The highest BCUT2D eigenvalue weighted by molar-refractivity contribution is 5.49. The topological polar surface area (TPSA) is 52.5 Å². The van der Waals surface area contributed by atoms with Crippen LogP contribution in [0.3, 0.4) is 0 Å². The molecule has 1 aromatic carbocycles. The van der Waals surface area contributed by atoms with Crippen LogP contribution in [0.1, 0.15) is 87.0 Å². The standard InChI is InChI=1S/C27H39NO2/c1-15-11-25(30)26(28-14-15)17(3)20-7-8-21-22-6-5-18-12-19(29)9-10-27(18,4)24(22)13-23(21)16(20)2/h5,7-8,15,17,19,22,24-26,28-30H,6,9-14H2,1-4H3/t15?,17-,19?,22?,24-,25?,26-,27?/m0/s1. The Morgan fingerprint density at radius 3 is 2.77 bits per heavy atom. The van der Waals surface area contributed by atoms with Crippen molar-refractivity contribution in [2.75, 3.05) is 6.54 Å². The van der Waals surface area contributed by atoms with Gasteiger partial charge in [0.15, 0.2) is 0 Å². The first-order valence-corrected chi connectivity index (χ1v) is 12.2. The number of piperidine rings is 1. The highest BCUT2D eigenvalue weighted by Gasteiger charge is 2.50. The predicted octanol–water partition coefficient (Wildman–Crippen LogP) is 4.59. The molecule has 1 saturated heterocycles. The lowest BCUT2D eigenvalue weighted by molar-refractivity contribution is 0.0656. The first-order chi connectivity index (χ1) is 14.3. The zero-order valence-electron chi connectivity index (χ0n) is 19.1. The number of hydrogen-bond acceptors (Lipinski definition) is 3. The van der Waals surface area contributed by atoms with Crippen LogP contribution in [-0.2, 0) is 6.42 Å². The van der Waals surface area contributed by atoms with Crippen LogP contribution in [0.25, 0.3) is 0 Å². The van der Waals surface area contributed by atoms with E-state index in [0.29, 0.717) is 23.7 Å². The monoisotopic (exact) mass is 409 g/mol. The lowest BCUT2D eigenvalue weighted by Gasteiger charge is -2.48. The van der Waals surface area contributed by atoms with Gasteiger partial charge >= 0.3 is 0 Å². The molecule has 2 fully saturated rings. The lowest BCUT2D eigenvalue weighted by Crippen LogP contribution is -2.50. The van der Waals surface area contributed by atoms with Gasteiger partial charge in [-0.05, 0) is 103 Å². The summed E-state index contributed by atoms with van der Waals surface area (Å²) in [7, 11) is 0. The van der Waals surface area contributed by atoms with Crippen LogP contribution in [0.2, 0.25) is 0 Å². The van der Waals surface area contributed by atoms with Gasteiger partial charge in [0, 0.05) is 6.04 Å². The van der Waals surface area contributed by atoms with Gasteiger partial charge in [0.25, 0.3) is 0 Å². The first kappa shape index (κ1) is 20.7. The smallest absolute Gasteiger partial charge is 0.0702 e. The number of aliphatic hydroxyl groups is 2. The molecule has 5 unspecified atom stereocenters. The van der Waals surface area contributed by atoms with Crippen molar-refractivity contribution in [3.05, 3.63) is 46.0 Å². The van der Waals surface area contributed by atoms with Gasteiger partial charge in [-0.3, -0.25) is 0 Å². The molecule has 3 N–H and O–H groups in total. The molecule has 3 heteroatoms. The molecule has 30 heavy (non-hydrogen) atoms. The van der Waals surface area contributed by atoms with Crippen molar-refractivity contribution in [2.24, 2.45) is 17.3 Å². The van der Waals surface area contributed by atoms with E-state index in [9.17, 15) is 10.2 Å². The molecule has 1 aromatic rings. The van der Waals surface area contributed by atoms with Gasteiger partial charge < -0.3 is 15.5 Å². The van der Waals surface area contributed by atoms with E-state index >= 15 is 0 Å². The van der Waals surface area contributed by atoms with Gasteiger partial charge in [0.1, 0.15) is 0 Å². The largest absolute Gasteiger partial charge is 0.393 e. The molecular formula is C27H39NO2. The molecule has 1 saturated carbocycles. The second-order valence-electron chi connectivity index (χ2n) is 11.2. The molecule has 5 rings (SSSR count). The molecule has 0 spiro atoms. The number of allylic oxidation sites excluding steroid dienone is 1. The molecule has 1 heterocycles. The van der Waals surface area contributed by atoms with Crippen LogP contribution < -0.4 is 5.32 Å². The summed E-state index contributed by atoms with van der Waals surface area (Å²) < 4.78 is 0. The Morgan fingerprint density at radius 1 is 1.20 bits per heavy atom.